The lowest BCUT2D eigenvalue weighted by molar-refractivity contribution is 0.0270. The maximum absolute atomic E-state index is 12.7. The molecule has 0 aliphatic heterocycles. The van der Waals surface area contributed by atoms with Crippen LogP contribution in [-0.2, 0) is 24.0 Å². The van der Waals surface area contributed by atoms with Crippen molar-refractivity contribution in [2.24, 2.45) is 29.1 Å². The molecule has 0 radical (unpaired) electrons. The van der Waals surface area contributed by atoms with Gasteiger partial charge in [-0.15, -0.1) is 0 Å². The SMILES string of the molecule is Cc1c2c(cc3c1CC[C@]1(C)[C@@H]([C@H](C)/C=C/[C@H](C)C(C)C)CC[C@@H]31)CCC(OC(=O)c1ccc(Cl)cc1)C2. The van der Waals surface area contributed by atoms with Gasteiger partial charge >= 0.3 is 5.97 Å². The van der Waals surface area contributed by atoms with Crippen molar-refractivity contribution >= 4 is 17.6 Å². The first-order valence-corrected chi connectivity index (χ1v) is 15.2. The average molecular weight is 533 g/mol. The van der Waals surface area contributed by atoms with Gasteiger partial charge < -0.3 is 4.74 Å². The molecule has 0 heterocycles. The molecule has 0 N–H and O–H groups in total. The highest BCUT2D eigenvalue weighted by molar-refractivity contribution is 6.30. The van der Waals surface area contributed by atoms with Crippen LogP contribution < -0.4 is 0 Å². The van der Waals surface area contributed by atoms with Crippen LogP contribution in [0.1, 0.15) is 104 Å². The van der Waals surface area contributed by atoms with Crippen LogP contribution in [0.5, 0.6) is 0 Å². The number of carbonyl (C=O) groups excluding carboxylic acids is 1. The van der Waals surface area contributed by atoms with Crippen LogP contribution in [0.4, 0.5) is 0 Å². The van der Waals surface area contributed by atoms with Crippen molar-refractivity contribution < 1.29 is 9.53 Å². The van der Waals surface area contributed by atoms with Crippen LogP contribution in [0.15, 0.2) is 42.5 Å². The second-order valence-corrected chi connectivity index (χ2v) is 13.5. The van der Waals surface area contributed by atoms with E-state index in [1.807, 2.05) is 0 Å². The number of allylic oxidation sites excluding steroid dienone is 2. The number of halogens is 1. The fraction of sp³-hybridized carbons (Fsp3) is 0.571. The third-order valence-electron chi connectivity index (χ3n) is 10.6. The third kappa shape index (κ3) is 5.10. The number of ether oxygens (including phenoxy) is 1. The number of hydrogen-bond donors (Lipinski definition) is 0. The van der Waals surface area contributed by atoms with E-state index in [9.17, 15) is 4.79 Å². The highest BCUT2D eigenvalue weighted by atomic mass is 35.5. The van der Waals surface area contributed by atoms with Gasteiger partial charge in [0, 0.05) is 11.4 Å². The Morgan fingerprint density at radius 1 is 1.03 bits per heavy atom. The summed E-state index contributed by atoms with van der Waals surface area (Å²) in [6, 6.07) is 9.55. The number of benzene rings is 2. The van der Waals surface area contributed by atoms with Gasteiger partial charge in [0.2, 0.25) is 0 Å². The summed E-state index contributed by atoms with van der Waals surface area (Å²) in [7, 11) is 0. The summed E-state index contributed by atoms with van der Waals surface area (Å²) < 4.78 is 5.96. The van der Waals surface area contributed by atoms with Gasteiger partial charge in [0.15, 0.2) is 0 Å². The molecule has 3 heteroatoms. The average Bonchev–Trinajstić information content (AvgIpc) is 3.25. The highest BCUT2D eigenvalue weighted by Gasteiger charge is 2.51. The van der Waals surface area contributed by atoms with Gasteiger partial charge in [-0.3, -0.25) is 0 Å². The molecule has 2 aromatic carbocycles. The second kappa shape index (κ2) is 10.8. The Balaban J connectivity index is 1.33. The molecule has 0 aromatic heterocycles. The molecule has 0 saturated heterocycles. The van der Waals surface area contributed by atoms with Gasteiger partial charge in [0.25, 0.3) is 0 Å². The largest absolute Gasteiger partial charge is 0.458 e. The standard InChI is InChI=1S/C35H45ClO2/c1-21(2)22(3)7-8-23(4)32-15-16-33-31-19-26-11-14-28(38-34(37)25-9-12-27(36)13-10-25)20-30(26)24(5)29(31)17-18-35(32,33)6/h7-10,12-13,19,21-23,28,32-33H,11,14-18,20H2,1-6H3/b8-7+/t22-,23+,28?,32+,33-,35+/m0/s1. The van der Waals surface area contributed by atoms with Crippen LogP contribution in [0.3, 0.4) is 0 Å². The quantitative estimate of drug-likeness (QED) is 0.273. The molecule has 0 amide bonds. The maximum Gasteiger partial charge on any atom is 0.338 e. The minimum atomic E-state index is -0.246. The van der Waals surface area contributed by atoms with Crippen LogP contribution in [0.25, 0.3) is 0 Å². The van der Waals surface area contributed by atoms with E-state index in [1.165, 1.54) is 42.4 Å². The van der Waals surface area contributed by atoms with E-state index < -0.39 is 0 Å². The Kier molecular flexibility index (Phi) is 7.84. The van der Waals surface area contributed by atoms with Gasteiger partial charge in [0.05, 0.1) is 5.56 Å². The van der Waals surface area contributed by atoms with Gasteiger partial charge in [0.1, 0.15) is 6.10 Å². The minimum Gasteiger partial charge on any atom is -0.458 e. The van der Waals surface area contributed by atoms with Gasteiger partial charge in [-0.25, -0.2) is 4.79 Å². The minimum absolute atomic E-state index is 0.0620. The van der Waals surface area contributed by atoms with Crippen molar-refractivity contribution in [2.45, 2.75) is 98.5 Å². The Labute approximate surface area is 235 Å². The van der Waals surface area contributed by atoms with Crippen molar-refractivity contribution in [1.82, 2.24) is 0 Å². The molecule has 1 unspecified atom stereocenters. The molecule has 204 valence electrons. The lowest BCUT2D eigenvalue weighted by Crippen LogP contribution is -2.36. The Morgan fingerprint density at radius 3 is 2.47 bits per heavy atom. The predicted octanol–water partition coefficient (Wildman–Crippen LogP) is 9.29. The molecule has 38 heavy (non-hydrogen) atoms. The molecule has 1 fully saturated rings. The van der Waals surface area contributed by atoms with E-state index in [0.29, 0.717) is 39.7 Å². The molecule has 6 atom stereocenters. The molecular formula is C35H45ClO2. The van der Waals surface area contributed by atoms with E-state index in [-0.39, 0.29) is 12.1 Å². The van der Waals surface area contributed by atoms with Crippen LogP contribution in [-0.4, -0.2) is 12.1 Å². The van der Waals surface area contributed by atoms with Crippen LogP contribution >= 0.6 is 11.6 Å². The van der Waals surface area contributed by atoms with Gasteiger partial charge in [-0.2, -0.15) is 0 Å². The van der Waals surface area contributed by atoms with Gasteiger partial charge in [-0.1, -0.05) is 64.4 Å². The van der Waals surface area contributed by atoms with Crippen LogP contribution in [0.2, 0.25) is 5.02 Å². The summed E-state index contributed by atoms with van der Waals surface area (Å²) in [4.78, 5) is 12.7. The fourth-order valence-electron chi connectivity index (χ4n) is 7.80. The highest BCUT2D eigenvalue weighted by Crippen LogP contribution is 2.61. The molecule has 2 aromatic rings. The maximum atomic E-state index is 12.7. The summed E-state index contributed by atoms with van der Waals surface area (Å²) in [5.41, 5.74) is 8.57. The number of aryl methyl sites for hydroxylation is 1. The lowest BCUT2D eigenvalue weighted by Gasteiger charge is -2.45. The Hall–Kier alpha value is -2.06. The molecule has 3 aliphatic carbocycles. The summed E-state index contributed by atoms with van der Waals surface area (Å²) in [5, 5.41) is 0.630. The molecule has 0 bridgehead atoms. The number of carbonyl (C=O) groups is 1. The van der Waals surface area contributed by atoms with E-state index >= 15 is 0 Å². The number of fused-ring (bicyclic) bond motifs is 4. The normalized spacial score (nSPS) is 28.1. The zero-order valence-electron chi connectivity index (χ0n) is 24.1. The smallest absolute Gasteiger partial charge is 0.338 e. The van der Waals surface area contributed by atoms with Gasteiger partial charge in [-0.05, 0) is 133 Å². The second-order valence-electron chi connectivity index (χ2n) is 13.1. The molecule has 1 saturated carbocycles. The molecule has 2 nitrogen and oxygen atoms in total. The first-order chi connectivity index (χ1) is 18.1. The summed E-state index contributed by atoms with van der Waals surface area (Å²) in [5.74, 6) is 3.13. The van der Waals surface area contributed by atoms with E-state index in [0.717, 1.165) is 25.2 Å². The van der Waals surface area contributed by atoms with Crippen molar-refractivity contribution in [2.75, 3.05) is 0 Å². The topological polar surface area (TPSA) is 26.3 Å². The van der Waals surface area contributed by atoms with E-state index in [4.69, 9.17) is 16.3 Å². The zero-order valence-corrected chi connectivity index (χ0v) is 24.9. The fourth-order valence-corrected chi connectivity index (χ4v) is 7.93. The monoisotopic (exact) mass is 532 g/mol. The van der Waals surface area contributed by atoms with Crippen molar-refractivity contribution in [3.8, 4) is 0 Å². The molecule has 0 spiro atoms. The first kappa shape index (κ1) is 27.5. The number of hydrogen-bond acceptors (Lipinski definition) is 2. The van der Waals surface area contributed by atoms with Crippen molar-refractivity contribution in [3.63, 3.8) is 0 Å². The summed E-state index contributed by atoms with van der Waals surface area (Å²) in [6.45, 7) is 14.4. The van der Waals surface area contributed by atoms with E-state index in [2.05, 4.69) is 59.8 Å². The van der Waals surface area contributed by atoms with Crippen molar-refractivity contribution in [1.29, 1.82) is 0 Å². The lowest BCUT2D eigenvalue weighted by atomic mass is 9.60. The zero-order chi connectivity index (χ0) is 27.2. The van der Waals surface area contributed by atoms with Crippen LogP contribution in [0, 0.1) is 36.0 Å². The Morgan fingerprint density at radius 2 is 1.76 bits per heavy atom. The molecule has 3 aliphatic rings. The number of esters is 1. The molecular weight excluding hydrogens is 488 g/mol. The number of rotatable bonds is 6. The Bertz CT molecular complexity index is 1210. The third-order valence-corrected chi connectivity index (χ3v) is 10.8. The summed E-state index contributed by atoms with van der Waals surface area (Å²) in [6.07, 6.45) is 12.7. The summed E-state index contributed by atoms with van der Waals surface area (Å²) >= 11 is 5.99. The first-order valence-electron chi connectivity index (χ1n) is 14.9. The van der Waals surface area contributed by atoms with E-state index in [1.54, 1.807) is 35.4 Å². The predicted molar refractivity (Wildman–Crippen MR) is 158 cm³/mol. The molecule has 5 rings (SSSR count). The van der Waals surface area contributed by atoms with Crippen molar-refractivity contribution in [3.05, 3.63) is 80.9 Å².